The van der Waals surface area contributed by atoms with Gasteiger partial charge in [-0.25, -0.2) is 4.79 Å². The average Bonchev–Trinajstić information content (AvgIpc) is 2.39. The second-order valence-corrected chi connectivity index (χ2v) is 4.25. The van der Waals surface area contributed by atoms with Gasteiger partial charge in [0.1, 0.15) is 11.5 Å². The number of aromatic hydroxyl groups is 4. The Bertz CT molecular complexity index is 678. The van der Waals surface area contributed by atoms with E-state index < -0.39 is 17.5 Å². The van der Waals surface area contributed by atoms with Crippen molar-refractivity contribution in [1.29, 1.82) is 0 Å². The summed E-state index contributed by atoms with van der Waals surface area (Å²) < 4.78 is 0. The van der Waals surface area contributed by atoms with Crippen molar-refractivity contribution in [3.05, 3.63) is 47.0 Å². The van der Waals surface area contributed by atoms with Gasteiger partial charge in [-0.3, -0.25) is 0 Å². The zero-order chi connectivity index (χ0) is 14.9. The van der Waals surface area contributed by atoms with Crippen LogP contribution in [0.4, 0.5) is 0 Å². The molecule has 0 heterocycles. The fourth-order valence-corrected chi connectivity index (χ4v) is 1.91. The van der Waals surface area contributed by atoms with Crippen molar-refractivity contribution in [2.24, 2.45) is 0 Å². The summed E-state index contributed by atoms with van der Waals surface area (Å²) in [5.41, 5.74) is -0.00478. The molecule has 0 unspecified atom stereocenters. The molecule has 0 spiro atoms. The molecule has 6 nitrogen and oxygen atoms in total. The van der Waals surface area contributed by atoms with Crippen molar-refractivity contribution in [3.63, 3.8) is 0 Å². The number of carbonyl (C=O) groups is 1. The summed E-state index contributed by atoms with van der Waals surface area (Å²) in [6, 6.07) is 6.02. The highest BCUT2D eigenvalue weighted by Crippen LogP contribution is 2.35. The first-order valence-electron chi connectivity index (χ1n) is 5.68. The predicted octanol–water partition coefficient (Wildman–Crippen LogP) is 1.80. The topological polar surface area (TPSA) is 118 Å². The van der Waals surface area contributed by atoms with Gasteiger partial charge in [0, 0.05) is 17.5 Å². The molecule has 0 atom stereocenters. The summed E-state index contributed by atoms with van der Waals surface area (Å²) >= 11 is 0. The van der Waals surface area contributed by atoms with Gasteiger partial charge in [-0.05, 0) is 30.3 Å². The van der Waals surface area contributed by atoms with Crippen LogP contribution in [0.3, 0.4) is 0 Å². The molecular weight excluding hydrogens is 264 g/mol. The van der Waals surface area contributed by atoms with Gasteiger partial charge in [-0.15, -0.1) is 0 Å². The van der Waals surface area contributed by atoms with E-state index in [9.17, 15) is 25.2 Å². The lowest BCUT2D eigenvalue weighted by Crippen LogP contribution is -2.03. The number of hydrogen-bond donors (Lipinski definition) is 5. The van der Waals surface area contributed by atoms with Gasteiger partial charge in [0.25, 0.3) is 0 Å². The lowest BCUT2D eigenvalue weighted by atomic mass is 9.97. The first-order valence-corrected chi connectivity index (χ1v) is 5.68. The number of benzene rings is 2. The highest BCUT2D eigenvalue weighted by molar-refractivity contribution is 5.91. The highest BCUT2D eigenvalue weighted by atomic mass is 16.4. The SMILES string of the molecule is O=C(O)c1ccc(O)c(O)c1Cc1cc(O)ccc1O. The van der Waals surface area contributed by atoms with Crippen LogP contribution in [0, 0.1) is 0 Å². The molecule has 0 aromatic heterocycles. The van der Waals surface area contributed by atoms with E-state index >= 15 is 0 Å². The van der Waals surface area contributed by atoms with Gasteiger partial charge in [0.2, 0.25) is 0 Å². The summed E-state index contributed by atoms with van der Waals surface area (Å²) in [4.78, 5) is 11.1. The number of aromatic carboxylic acids is 1. The van der Waals surface area contributed by atoms with E-state index in [1.807, 2.05) is 0 Å². The summed E-state index contributed by atoms with van der Waals surface area (Å²) in [6.07, 6.45) is -0.151. The molecule has 0 aliphatic heterocycles. The van der Waals surface area contributed by atoms with E-state index in [1.165, 1.54) is 18.2 Å². The summed E-state index contributed by atoms with van der Waals surface area (Å²) in [5.74, 6) is -2.54. The Labute approximate surface area is 113 Å². The van der Waals surface area contributed by atoms with Gasteiger partial charge < -0.3 is 25.5 Å². The third-order valence-corrected chi connectivity index (χ3v) is 2.92. The number of phenolic OH excluding ortho intramolecular Hbond substituents is 4. The maximum atomic E-state index is 11.1. The van der Waals surface area contributed by atoms with Crippen LogP contribution >= 0.6 is 0 Å². The Morgan fingerprint density at radius 3 is 2.25 bits per heavy atom. The van der Waals surface area contributed by atoms with Crippen LogP contribution in [-0.4, -0.2) is 31.5 Å². The Balaban J connectivity index is 2.55. The summed E-state index contributed by atoms with van der Waals surface area (Å²) in [5, 5.41) is 47.4. The molecule has 5 N–H and O–H groups in total. The van der Waals surface area contributed by atoms with Crippen molar-refractivity contribution in [3.8, 4) is 23.0 Å². The van der Waals surface area contributed by atoms with Crippen LogP contribution < -0.4 is 0 Å². The number of hydrogen-bond acceptors (Lipinski definition) is 5. The first kappa shape index (κ1) is 13.5. The fraction of sp³-hybridized carbons (Fsp3) is 0.0714. The molecule has 0 aliphatic carbocycles. The second-order valence-electron chi connectivity index (χ2n) is 4.25. The first-order chi connectivity index (χ1) is 9.40. The Morgan fingerprint density at radius 1 is 0.950 bits per heavy atom. The van der Waals surface area contributed by atoms with E-state index in [1.54, 1.807) is 0 Å². The van der Waals surface area contributed by atoms with E-state index in [2.05, 4.69) is 0 Å². The molecule has 0 fully saturated rings. The lowest BCUT2D eigenvalue weighted by molar-refractivity contribution is 0.0695. The van der Waals surface area contributed by atoms with Crippen LogP contribution in [0.2, 0.25) is 0 Å². The zero-order valence-electron chi connectivity index (χ0n) is 10.2. The van der Waals surface area contributed by atoms with Gasteiger partial charge >= 0.3 is 5.97 Å². The standard InChI is InChI=1S/C14H12O6/c15-8-1-3-11(16)7(5-8)6-10-9(14(19)20)2-4-12(17)13(10)18/h1-5,15-18H,6H2,(H,19,20). The molecule has 0 amide bonds. The molecule has 0 radical (unpaired) electrons. The van der Waals surface area contributed by atoms with Crippen LogP contribution in [0.1, 0.15) is 21.5 Å². The van der Waals surface area contributed by atoms with Crippen LogP contribution in [0.5, 0.6) is 23.0 Å². The summed E-state index contributed by atoms with van der Waals surface area (Å²) in [6.45, 7) is 0. The number of phenols is 4. The van der Waals surface area contributed by atoms with Gasteiger partial charge in [0.05, 0.1) is 5.56 Å². The van der Waals surface area contributed by atoms with Gasteiger partial charge in [-0.2, -0.15) is 0 Å². The molecule has 6 heteroatoms. The third-order valence-electron chi connectivity index (χ3n) is 2.92. The van der Waals surface area contributed by atoms with E-state index in [0.29, 0.717) is 0 Å². The normalized spacial score (nSPS) is 10.4. The molecule has 2 aromatic rings. The van der Waals surface area contributed by atoms with Crippen molar-refractivity contribution >= 4 is 5.97 Å². The van der Waals surface area contributed by atoms with Crippen LogP contribution in [-0.2, 0) is 6.42 Å². The largest absolute Gasteiger partial charge is 0.508 e. The Morgan fingerprint density at radius 2 is 1.60 bits per heavy atom. The smallest absolute Gasteiger partial charge is 0.336 e. The molecular formula is C14H12O6. The zero-order valence-corrected chi connectivity index (χ0v) is 10.2. The van der Waals surface area contributed by atoms with Crippen molar-refractivity contribution < 1.29 is 30.3 Å². The van der Waals surface area contributed by atoms with Gasteiger partial charge in [-0.1, -0.05) is 0 Å². The third kappa shape index (κ3) is 2.44. The molecule has 0 saturated heterocycles. The van der Waals surface area contributed by atoms with Crippen LogP contribution in [0.15, 0.2) is 30.3 Å². The molecule has 2 rings (SSSR count). The molecule has 0 aliphatic rings. The Kier molecular flexibility index (Phi) is 3.39. The monoisotopic (exact) mass is 276 g/mol. The number of rotatable bonds is 3. The van der Waals surface area contributed by atoms with Crippen LogP contribution in [0.25, 0.3) is 0 Å². The van der Waals surface area contributed by atoms with Crippen molar-refractivity contribution in [1.82, 2.24) is 0 Å². The highest BCUT2D eigenvalue weighted by Gasteiger charge is 2.18. The average molecular weight is 276 g/mol. The minimum atomic E-state index is -1.27. The molecule has 0 saturated carbocycles. The van der Waals surface area contributed by atoms with E-state index in [-0.39, 0.29) is 34.6 Å². The predicted molar refractivity (Wildman–Crippen MR) is 69.3 cm³/mol. The van der Waals surface area contributed by atoms with Crippen molar-refractivity contribution in [2.75, 3.05) is 0 Å². The molecule has 20 heavy (non-hydrogen) atoms. The van der Waals surface area contributed by atoms with E-state index in [4.69, 9.17) is 5.11 Å². The molecule has 2 aromatic carbocycles. The number of carboxylic acids is 1. The minimum Gasteiger partial charge on any atom is -0.508 e. The van der Waals surface area contributed by atoms with Crippen molar-refractivity contribution in [2.45, 2.75) is 6.42 Å². The minimum absolute atomic E-state index is 0.0431. The lowest BCUT2D eigenvalue weighted by Gasteiger charge is -2.11. The molecule has 104 valence electrons. The summed E-state index contributed by atoms with van der Waals surface area (Å²) in [7, 11) is 0. The quantitative estimate of drug-likeness (QED) is 0.431. The fourth-order valence-electron chi connectivity index (χ4n) is 1.91. The number of carboxylic acid groups (broad SMARTS) is 1. The van der Waals surface area contributed by atoms with E-state index in [0.717, 1.165) is 12.1 Å². The maximum absolute atomic E-state index is 11.1. The maximum Gasteiger partial charge on any atom is 0.336 e. The van der Waals surface area contributed by atoms with Gasteiger partial charge in [0.15, 0.2) is 11.5 Å². The molecule has 0 bridgehead atoms. The Hall–Kier alpha value is -2.89. The second kappa shape index (κ2) is 5.00.